The lowest BCUT2D eigenvalue weighted by atomic mass is 10.0. The lowest BCUT2D eigenvalue weighted by molar-refractivity contribution is 1.38. The molecule has 108 valence electrons. The second-order valence-electron chi connectivity index (χ2n) is 5.90. The minimum atomic E-state index is -1.57. The van der Waals surface area contributed by atoms with E-state index < -0.39 is 8.07 Å². The lowest BCUT2D eigenvalue weighted by Gasteiger charge is -2.21. The predicted octanol–water partition coefficient (Wildman–Crippen LogP) is 5.19. The van der Waals surface area contributed by atoms with Crippen LogP contribution in [0.4, 0.5) is 0 Å². The first-order chi connectivity index (χ1) is 10.1. The summed E-state index contributed by atoms with van der Waals surface area (Å²) in [4.78, 5) is 0. The summed E-state index contributed by atoms with van der Waals surface area (Å²) in [7, 11) is -1.57. The minimum Gasteiger partial charge on any atom is -0.0913 e. The van der Waals surface area contributed by atoms with E-state index in [1.807, 2.05) is 0 Å². The Bertz CT molecular complexity index is 607. The van der Waals surface area contributed by atoms with Crippen molar-refractivity contribution in [2.24, 2.45) is 0 Å². The van der Waals surface area contributed by atoms with E-state index in [-0.39, 0.29) is 0 Å². The van der Waals surface area contributed by atoms with Gasteiger partial charge < -0.3 is 0 Å². The maximum Gasteiger partial charge on any atom is 0.104 e. The van der Waals surface area contributed by atoms with E-state index >= 15 is 0 Å². The molecule has 0 aliphatic heterocycles. The Hall–Kier alpha value is -1.86. The third kappa shape index (κ3) is 4.30. The molecule has 0 aromatic heterocycles. The topological polar surface area (TPSA) is 0 Å². The highest BCUT2D eigenvalue weighted by Gasteiger charge is 2.21. The highest BCUT2D eigenvalue weighted by atomic mass is 28.3. The van der Waals surface area contributed by atoms with Crippen molar-refractivity contribution < 1.29 is 0 Å². The highest BCUT2D eigenvalue weighted by Crippen LogP contribution is 2.22. The fourth-order valence-corrected chi connectivity index (χ4v) is 4.92. The van der Waals surface area contributed by atoms with Gasteiger partial charge in [0.2, 0.25) is 0 Å². The van der Waals surface area contributed by atoms with Crippen molar-refractivity contribution in [3.8, 4) is 0 Å². The normalized spacial score (nSPS) is 12.8. The maximum atomic E-state index is 2.54. The Morgan fingerprint density at radius 2 is 1.48 bits per heavy atom. The van der Waals surface area contributed by atoms with Gasteiger partial charge in [0, 0.05) is 0 Å². The molecule has 0 nitrogen and oxygen atoms in total. The van der Waals surface area contributed by atoms with Gasteiger partial charge in [0.1, 0.15) is 8.07 Å². The molecule has 0 bridgehead atoms. The van der Waals surface area contributed by atoms with Crippen LogP contribution in [0, 0.1) is 0 Å². The first-order valence-electron chi connectivity index (χ1n) is 7.57. The van der Waals surface area contributed by atoms with Gasteiger partial charge in [0.15, 0.2) is 0 Å². The van der Waals surface area contributed by atoms with Crippen LogP contribution in [0.25, 0.3) is 5.57 Å². The number of rotatable bonds is 5. The van der Waals surface area contributed by atoms with E-state index in [9.17, 15) is 0 Å². The fraction of sp³-hybridized carbons (Fsp3) is 0.200. The zero-order valence-electron chi connectivity index (χ0n) is 13.2. The molecule has 2 rings (SSSR count). The van der Waals surface area contributed by atoms with Crippen molar-refractivity contribution in [2.75, 3.05) is 0 Å². The number of hydrogen-bond donors (Lipinski definition) is 0. The molecule has 2 aromatic carbocycles. The summed E-state index contributed by atoms with van der Waals surface area (Å²) >= 11 is 0. The zero-order valence-corrected chi connectivity index (χ0v) is 14.2. The molecular weight excluding hydrogens is 268 g/mol. The lowest BCUT2D eigenvalue weighted by Crippen LogP contribution is -2.39. The standard InChI is InChI=1S/C20H24Si/c1-4-5-12-19(18-13-8-6-9-14-18)17-21(2,3)20-15-10-7-11-16-20/h4-11,13-17H,12H2,1-3H3/b5-4+,19-17+. The van der Waals surface area contributed by atoms with Gasteiger partial charge >= 0.3 is 0 Å². The Balaban J connectivity index is 2.40. The first kappa shape index (κ1) is 15.5. The largest absolute Gasteiger partial charge is 0.104 e. The molecule has 0 saturated heterocycles. The SMILES string of the molecule is C/C=C/C/C(=C\[Si](C)(C)c1ccccc1)c1ccccc1. The van der Waals surface area contributed by atoms with E-state index in [0.717, 1.165) is 6.42 Å². The Kier molecular flexibility index (Phi) is 5.35. The van der Waals surface area contributed by atoms with E-state index in [1.165, 1.54) is 16.3 Å². The summed E-state index contributed by atoms with van der Waals surface area (Å²) in [6.07, 6.45) is 5.38. The number of allylic oxidation sites excluding steroid dienone is 3. The van der Waals surface area contributed by atoms with Crippen LogP contribution in [-0.2, 0) is 0 Å². The molecule has 1 heteroatoms. The second kappa shape index (κ2) is 7.23. The third-order valence-electron chi connectivity index (χ3n) is 3.77. The number of hydrogen-bond acceptors (Lipinski definition) is 0. The highest BCUT2D eigenvalue weighted by molar-refractivity contribution is 6.94. The quantitative estimate of drug-likeness (QED) is 0.525. The van der Waals surface area contributed by atoms with Gasteiger partial charge in [0.25, 0.3) is 0 Å². The van der Waals surface area contributed by atoms with Crippen LogP contribution in [0.1, 0.15) is 18.9 Å². The van der Waals surface area contributed by atoms with E-state index in [4.69, 9.17) is 0 Å². The van der Waals surface area contributed by atoms with Crippen molar-refractivity contribution in [2.45, 2.75) is 26.4 Å². The van der Waals surface area contributed by atoms with Gasteiger partial charge in [-0.15, -0.1) is 0 Å². The summed E-state index contributed by atoms with van der Waals surface area (Å²) < 4.78 is 0. The van der Waals surface area contributed by atoms with Crippen molar-refractivity contribution in [3.05, 3.63) is 84.1 Å². The summed E-state index contributed by atoms with van der Waals surface area (Å²) in [5, 5.41) is 1.49. The molecule has 2 aromatic rings. The first-order valence-corrected chi connectivity index (χ1v) is 10.6. The summed E-state index contributed by atoms with van der Waals surface area (Å²) in [6, 6.07) is 21.7. The molecule has 0 heterocycles. The minimum absolute atomic E-state index is 1.00. The molecule has 0 saturated carbocycles. The average Bonchev–Trinajstić information content (AvgIpc) is 2.53. The van der Waals surface area contributed by atoms with Gasteiger partial charge in [-0.1, -0.05) is 96.8 Å². The predicted molar refractivity (Wildman–Crippen MR) is 97.4 cm³/mol. The van der Waals surface area contributed by atoms with E-state index in [2.05, 4.69) is 98.5 Å². The van der Waals surface area contributed by atoms with Gasteiger partial charge in [-0.25, -0.2) is 0 Å². The van der Waals surface area contributed by atoms with E-state index in [1.54, 1.807) is 0 Å². The molecular formula is C20H24Si. The van der Waals surface area contributed by atoms with Gasteiger partial charge in [-0.05, 0) is 24.5 Å². The molecule has 0 fully saturated rings. The second-order valence-corrected chi connectivity index (χ2v) is 10.2. The number of benzene rings is 2. The summed E-state index contributed by atoms with van der Waals surface area (Å²) in [5.41, 5.74) is 5.32. The summed E-state index contributed by atoms with van der Waals surface area (Å²) in [5.74, 6) is 0. The monoisotopic (exact) mass is 292 g/mol. The van der Waals surface area contributed by atoms with Crippen molar-refractivity contribution in [3.63, 3.8) is 0 Å². The Morgan fingerprint density at radius 1 is 0.905 bits per heavy atom. The molecule has 21 heavy (non-hydrogen) atoms. The average molecular weight is 292 g/mol. The smallest absolute Gasteiger partial charge is 0.0913 e. The van der Waals surface area contributed by atoms with Crippen LogP contribution in [0.3, 0.4) is 0 Å². The van der Waals surface area contributed by atoms with Crippen LogP contribution in [0.2, 0.25) is 13.1 Å². The molecule has 0 atom stereocenters. The van der Waals surface area contributed by atoms with Gasteiger partial charge in [-0.3, -0.25) is 0 Å². The molecule has 0 aliphatic carbocycles. The van der Waals surface area contributed by atoms with Crippen molar-refractivity contribution >= 4 is 18.8 Å². The third-order valence-corrected chi connectivity index (χ3v) is 6.66. The Labute approximate surface area is 129 Å². The molecule has 0 amide bonds. The van der Waals surface area contributed by atoms with Crippen molar-refractivity contribution in [1.29, 1.82) is 0 Å². The molecule has 0 radical (unpaired) electrons. The van der Waals surface area contributed by atoms with E-state index in [0.29, 0.717) is 0 Å². The zero-order chi connectivity index (χ0) is 15.1. The van der Waals surface area contributed by atoms with Crippen LogP contribution >= 0.6 is 0 Å². The van der Waals surface area contributed by atoms with Crippen LogP contribution < -0.4 is 5.19 Å². The molecule has 0 spiro atoms. The molecule has 0 unspecified atom stereocenters. The van der Waals surface area contributed by atoms with Gasteiger partial charge in [0.05, 0.1) is 0 Å². The van der Waals surface area contributed by atoms with Gasteiger partial charge in [-0.2, -0.15) is 0 Å². The Morgan fingerprint density at radius 3 is 2.05 bits per heavy atom. The van der Waals surface area contributed by atoms with Crippen molar-refractivity contribution in [1.82, 2.24) is 0 Å². The molecule has 0 aliphatic rings. The van der Waals surface area contributed by atoms with Crippen LogP contribution in [0.5, 0.6) is 0 Å². The van der Waals surface area contributed by atoms with Crippen LogP contribution in [0.15, 0.2) is 78.5 Å². The molecule has 0 N–H and O–H groups in total. The fourth-order valence-electron chi connectivity index (χ4n) is 2.54. The summed E-state index contributed by atoms with van der Waals surface area (Å²) in [6.45, 7) is 6.92. The maximum absolute atomic E-state index is 2.54. The van der Waals surface area contributed by atoms with Crippen LogP contribution in [-0.4, -0.2) is 8.07 Å².